The zero-order valence-corrected chi connectivity index (χ0v) is 50.0. The van der Waals surface area contributed by atoms with E-state index in [9.17, 15) is 44.7 Å². The predicted octanol–water partition coefficient (Wildman–Crippen LogP) is 7.33. The Morgan fingerprint density at radius 1 is 0.667 bits per heavy atom. The molecular formula is C71H58N9O13+. The summed E-state index contributed by atoms with van der Waals surface area (Å²) in [7, 11) is 1.31. The number of carbonyl (C=O) groups is 4. The highest BCUT2D eigenvalue weighted by Gasteiger charge is 2.51. The molecule has 6 N–H and O–H groups in total. The third-order valence-corrected chi connectivity index (χ3v) is 17.6. The maximum atomic E-state index is 14.2. The highest BCUT2D eigenvalue weighted by molar-refractivity contribution is 6.40. The van der Waals surface area contributed by atoms with Gasteiger partial charge in [0.2, 0.25) is 5.78 Å². The number of ketones is 3. The maximum absolute atomic E-state index is 14.2. The SMILES string of the molecule is COc1cccc2c1C(=O)c1c(O)c3c(c(O)c1C2=O)C[C@@](O)(C(=O)CO)C[C@@H]3O[C@H]1C[C@H](NC(=O)OCCC[n+]2ccc(C3=C4C=CC(=N4)C(c4ccncc4)=C4C=CC(=N4)C(c4ccncc4)=C4C=CC(=N4)C(c4ccncc4)=C4C=CC3=N4)cc2)[C@H](O)[C@H](C)O1. The number of aliphatic hydroxyl groups excluding tert-OH is 2. The number of methoxy groups -OCH3 is 1. The van der Waals surface area contributed by atoms with E-state index in [1.165, 1.54) is 32.2 Å². The first-order chi connectivity index (χ1) is 45.2. The van der Waals surface area contributed by atoms with Crippen LogP contribution in [0.3, 0.4) is 0 Å². The van der Waals surface area contributed by atoms with Crippen molar-refractivity contribution in [2.45, 2.75) is 75.4 Å². The van der Waals surface area contributed by atoms with Gasteiger partial charge in [-0.05, 0) is 120 Å². The largest absolute Gasteiger partial charge is 0.507 e. The minimum atomic E-state index is -2.39. The number of allylic oxidation sites excluding steroid dienone is 12. The molecule has 2 aromatic carbocycles. The van der Waals surface area contributed by atoms with Gasteiger partial charge in [-0.1, -0.05) is 12.1 Å². The van der Waals surface area contributed by atoms with Crippen molar-refractivity contribution < 1.29 is 68.2 Å². The second kappa shape index (κ2) is 24.4. The number of benzene rings is 2. The minimum absolute atomic E-state index is 0.0245. The van der Waals surface area contributed by atoms with E-state index < -0.39 is 102 Å². The van der Waals surface area contributed by atoms with Crippen LogP contribution >= 0.6 is 0 Å². The van der Waals surface area contributed by atoms with E-state index in [0.717, 1.165) is 56.0 Å². The van der Waals surface area contributed by atoms with Gasteiger partial charge in [-0.25, -0.2) is 29.3 Å². The fraction of sp³-hybridized carbons (Fsp3) is 0.211. The highest BCUT2D eigenvalue weighted by atomic mass is 16.7. The zero-order chi connectivity index (χ0) is 64.2. The number of alkyl carbamates (subject to hydrolysis) is 1. The normalized spacial score (nSPS) is 22.6. The number of phenols is 2. The first-order valence-electron chi connectivity index (χ1n) is 30.1. The molecular weight excluding hydrogens is 1190 g/mol. The van der Waals surface area contributed by atoms with E-state index in [0.29, 0.717) is 47.2 Å². The number of hydrogen-bond acceptors (Lipinski definition) is 20. The van der Waals surface area contributed by atoms with Gasteiger partial charge < -0.3 is 49.8 Å². The topological polar surface area (TPSA) is 310 Å². The molecule has 464 valence electrons. The number of aromatic nitrogens is 4. The van der Waals surface area contributed by atoms with Crippen LogP contribution in [0.5, 0.6) is 17.2 Å². The molecule has 0 unspecified atom stereocenters. The van der Waals surface area contributed by atoms with Gasteiger partial charge >= 0.3 is 6.09 Å². The quantitative estimate of drug-likeness (QED) is 0.0353. The number of aliphatic hydroxyl groups is 3. The Morgan fingerprint density at radius 3 is 1.66 bits per heavy atom. The number of amides is 1. The first-order valence-corrected chi connectivity index (χ1v) is 30.1. The first kappa shape index (κ1) is 59.7. The van der Waals surface area contributed by atoms with E-state index in [4.69, 9.17) is 38.9 Å². The van der Waals surface area contributed by atoms with Crippen LogP contribution in [0.2, 0.25) is 0 Å². The van der Waals surface area contributed by atoms with Crippen LogP contribution in [0.4, 0.5) is 4.79 Å². The average Bonchev–Trinajstić information content (AvgIpc) is 1.31. The Hall–Kier alpha value is -10.9. The lowest BCUT2D eigenvalue weighted by Gasteiger charge is -2.42. The molecule has 10 heterocycles. The molecule has 8 bridgehead atoms. The summed E-state index contributed by atoms with van der Waals surface area (Å²) in [6.45, 7) is 0.843. The second-order valence-corrected chi connectivity index (χ2v) is 23.1. The van der Waals surface area contributed by atoms with Crippen LogP contribution in [-0.4, -0.2) is 137 Å². The fourth-order valence-corrected chi connectivity index (χ4v) is 13.1. The van der Waals surface area contributed by atoms with Gasteiger partial charge in [0.1, 0.15) is 35.6 Å². The van der Waals surface area contributed by atoms with Crippen molar-refractivity contribution in [1.82, 2.24) is 20.3 Å². The molecule has 8 aliphatic rings. The molecule has 6 atom stereocenters. The molecule has 0 saturated carbocycles. The number of rotatable bonds is 14. The molecule has 14 rings (SSSR count). The van der Waals surface area contributed by atoms with Crippen molar-refractivity contribution in [1.29, 1.82) is 0 Å². The Labute approximate surface area is 531 Å². The van der Waals surface area contributed by atoms with Gasteiger partial charge in [0.15, 0.2) is 36.8 Å². The van der Waals surface area contributed by atoms with Gasteiger partial charge in [0.05, 0.1) is 94.3 Å². The molecule has 6 aromatic rings. The molecule has 22 nitrogen and oxygen atoms in total. The maximum Gasteiger partial charge on any atom is 0.407 e. The highest BCUT2D eigenvalue weighted by Crippen LogP contribution is 2.53. The van der Waals surface area contributed by atoms with Gasteiger partial charge in [-0.2, -0.15) is 0 Å². The summed E-state index contributed by atoms with van der Waals surface area (Å²) < 4.78 is 25.4. The van der Waals surface area contributed by atoms with Crippen LogP contribution in [0, 0.1) is 0 Å². The summed E-state index contributed by atoms with van der Waals surface area (Å²) in [5.41, 5.74) is 8.12. The van der Waals surface area contributed by atoms with Crippen LogP contribution in [0.25, 0.3) is 22.3 Å². The van der Waals surface area contributed by atoms with Gasteiger partial charge in [-0.3, -0.25) is 29.3 Å². The number of Topliss-reactive ketones (excluding diaryl/α,β-unsaturated/α-hetero) is 1. The lowest BCUT2D eigenvalue weighted by atomic mass is 9.72. The number of aromatic hydroxyl groups is 2. The molecule has 22 heteroatoms. The predicted molar refractivity (Wildman–Crippen MR) is 340 cm³/mol. The zero-order valence-electron chi connectivity index (χ0n) is 50.0. The summed E-state index contributed by atoms with van der Waals surface area (Å²) in [6.07, 6.45) is 23.3. The number of ether oxygens (including phenoxy) is 4. The van der Waals surface area contributed by atoms with Gasteiger partial charge in [0, 0.05) is 114 Å². The number of nitrogens with one attached hydrogen (secondary N) is 1. The molecule has 0 spiro atoms. The summed E-state index contributed by atoms with van der Waals surface area (Å²) in [4.78, 5) is 89.1. The molecule has 4 aromatic heterocycles. The van der Waals surface area contributed by atoms with Crippen molar-refractivity contribution in [2.24, 2.45) is 20.0 Å². The Kier molecular flexibility index (Phi) is 15.7. The summed E-state index contributed by atoms with van der Waals surface area (Å²) >= 11 is 0. The number of carbonyl (C=O) groups excluding carboxylic acids is 4. The molecule has 93 heavy (non-hydrogen) atoms. The number of pyridine rings is 4. The molecule has 1 fully saturated rings. The number of nitrogens with zero attached hydrogens (tertiary/aromatic N) is 8. The van der Waals surface area contributed by atoms with E-state index in [1.54, 1.807) is 37.2 Å². The van der Waals surface area contributed by atoms with Gasteiger partial charge in [0.25, 0.3) is 0 Å². The minimum Gasteiger partial charge on any atom is -0.507 e. The van der Waals surface area contributed by atoms with Crippen molar-refractivity contribution in [3.8, 4) is 17.2 Å². The van der Waals surface area contributed by atoms with E-state index >= 15 is 0 Å². The van der Waals surface area contributed by atoms with E-state index in [-0.39, 0.29) is 41.0 Å². The van der Waals surface area contributed by atoms with E-state index in [1.807, 2.05) is 114 Å². The molecule has 2 aliphatic carbocycles. The Morgan fingerprint density at radius 2 is 1.16 bits per heavy atom. The third kappa shape index (κ3) is 10.9. The third-order valence-electron chi connectivity index (χ3n) is 17.6. The molecule has 1 saturated heterocycles. The summed E-state index contributed by atoms with van der Waals surface area (Å²) in [5.74, 6) is -4.16. The Bertz CT molecular complexity index is 4540. The number of phenolic OH excluding ortho intramolecular Hbond substituents is 2. The number of hydrogen-bond donors (Lipinski definition) is 6. The molecule has 0 radical (unpaired) electrons. The van der Waals surface area contributed by atoms with Crippen LogP contribution in [0.1, 0.15) is 97.5 Å². The molecule has 6 aliphatic heterocycles. The Balaban J connectivity index is 0.700. The average molecular weight is 1250 g/mol. The van der Waals surface area contributed by atoms with E-state index in [2.05, 4.69) is 20.3 Å². The van der Waals surface area contributed by atoms with Gasteiger partial charge in [-0.15, -0.1) is 0 Å². The number of aryl methyl sites for hydroxylation is 1. The lowest BCUT2D eigenvalue weighted by molar-refractivity contribution is -0.697. The fourth-order valence-electron chi connectivity index (χ4n) is 13.1. The number of aliphatic imine (C=N–C) groups is 4. The smallest absolute Gasteiger partial charge is 0.407 e. The summed E-state index contributed by atoms with van der Waals surface area (Å²) in [6, 6.07) is 18.9. The van der Waals surface area contributed by atoms with Crippen molar-refractivity contribution in [3.63, 3.8) is 0 Å². The standard InChI is InChI=1S/C71H57N9O13/c1-37-65(83)52(33-56(92-37)93-54-35-71(89,55(82)36-81)34-43-62(54)69(87)64-63(67(43)85)66(84)42-5-3-6-53(90-2)61(42)68(64)86)79-70(88)91-32-4-29-80-30-21-41(22-31-80)60-50-13-11-48(77-50)58(39-17-25-73-26-18-39)46-9-7-44(75-46)57(38-15-23-72-24-16-38)45-8-10-47(76-45)59(40-19-27-74-28-20-40)49-12-14-51(60)78-49/h3,5-28,30-31,37,52,54,56,65,81,83,89H,4,29,32-36H2,1-2H3,(H2,75,76,77,78,79,88)/p+1/t37-,52-,54-,56-,65+,71-/m0/s1. The van der Waals surface area contributed by atoms with Crippen LogP contribution < -0.4 is 14.6 Å². The monoisotopic (exact) mass is 1240 g/mol. The second-order valence-electron chi connectivity index (χ2n) is 23.1. The van der Waals surface area contributed by atoms with Crippen LogP contribution in [-0.2, 0) is 32.0 Å². The number of fused-ring (bicyclic) bond motifs is 7. The summed E-state index contributed by atoms with van der Waals surface area (Å²) in [5, 5.41) is 59.5. The van der Waals surface area contributed by atoms with Crippen molar-refractivity contribution >= 4 is 68.6 Å². The van der Waals surface area contributed by atoms with Crippen molar-refractivity contribution in [2.75, 3.05) is 20.3 Å². The molecule has 1 amide bonds. The van der Waals surface area contributed by atoms with Crippen molar-refractivity contribution in [3.05, 3.63) is 243 Å². The van der Waals surface area contributed by atoms with Crippen LogP contribution in [0.15, 0.2) is 208 Å². The lowest BCUT2D eigenvalue weighted by Crippen LogP contribution is -2.56.